The summed E-state index contributed by atoms with van der Waals surface area (Å²) in [5.41, 5.74) is 1.23. The third-order valence-corrected chi connectivity index (χ3v) is 2.29. The summed E-state index contributed by atoms with van der Waals surface area (Å²) in [6.45, 7) is 0. The fourth-order valence-electron chi connectivity index (χ4n) is 1.54. The van der Waals surface area contributed by atoms with E-state index in [-0.39, 0.29) is 11.3 Å². The molecule has 16 heavy (non-hydrogen) atoms. The van der Waals surface area contributed by atoms with Gasteiger partial charge in [0, 0.05) is 10.6 Å². The Kier molecular flexibility index (Phi) is 1.64. The summed E-state index contributed by atoms with van der Waals surface area (Å²) < 4.78 is 1.06. The van der Waals surface area contributed by atoms with Gasteiger partial charge < -0.3 is 9.94 Å². The molecule has 0 aliphatic heterocycles. The molecule has 0 aliphatic carbocycles. The van der Waals surface area contributed by atoms with E-state index in [1.807, 2.05) is 0 Å². The maximum absolute atomic E-state index is 11.4. The highest BCUT2D eigenvalue weighted by atomic mass is 16.5. The zero-order valence-electron chi connectivity index (χ0n) is 8.07. The first kappa shape index (κ1) is 8.78. The number of rotatable bonds is 0. The number of para-hydroxylation sites is 2. The van der Waals surface area contributed by atoms with Crippen LogP contribution in [0.2, 0.25) is 0 Å². The maximum atomic E-state index is 11.4. The van der Waals surface area contributed by atoms with Gasteiger partial charge in [0.05, 0.1) is 0 Å². The number of aromatic nitrogens is 4. The van der Waals surface area contributed by atoms with Crippen molar-refractivity contribution in [2.24, 2.45) is 0 Å². The lowest BCUT2D eigenvalue weighted by molar-refractivity contribution is -0.467. The zero-order valence-corrected chi connectivity index (χ0v) is 8.07. The third kappa shape index (κ3) is 1.13. The summed E-state index contributed by atoms with van der Waals surface area (Å²) in [5, 5.41) is 11.4. The van der Waals surface area contributed by atoms with Crippen molar-refractivity contribution in [3.63, 3.8) is 0 Å². The molecule has 2 aromatic heterocycles. The van der Waals surface area contributed by atoms with Crippen molar-refractivity contribution in [3.05, 3.63) is 46.8 Å². The Morgan fingerprint density at radius 2 is 1.88 bits per heavy atom. The highest BCUT2D eigenvalue weighted by Gasteiger charge is 2.12. The van der Waals surface area contributed by atoms with Gasteiger partial charge in [-0.3, -0.25) is 0 Å². The van der Waals surface area contributed by atoms with Crippen LogP contribution >= 0.6 is 0 Å². The molecule has 1 aromatic carbocycles. The first-order valence-electron chi connectivity index (χ1n) is 4.63. The maximum Gasteiger partial charge on any atom is 0.409 e. The third-order valence-electron chi connectivity index (χ3n) is 2.29. The van der Waals surface area contributed by atoms with Crippen molar-refractivity contribution < 1.29 is 4.43 Å². The van der Waals surface area contributed by atoms with Crippen LogP contribution in [0, 0.1) is 10.1 Å². The van der Waals surface area contributed by atoms with Gasteiger partial charge in [-0.2, -0.15) is 0 Å². The van der Waals surface area contributed by atoms with Crippen molar-refractivity contribution >= 4 is 22.3 Å². The molecule has 3 aromatic rings. The van der Waals surface area contributed by atoms with E-state index in [2.05, 4.69) is 9.97 Å². The Labute approximate surface area is 89.0 Å². The highest BCUT2D eigenvalue weighted by Crippen LogP contribution is 2.11. The minimum atomic E-state index is 0.0243. The van der Waals surface area contributed by atoms with Crippen LogP contribution in [0.15, 0.2) is 36.7 Å². The van der Waals surface area contributed by atoms with E-state index < -0.39 is 0 Å². The van der Waals surface area contributed by atoms with Crippen LogP contribution < -0.4 is 4.43 Å². The van der Waals surface area contributed by atoms with Crippen LogP contribution in [0.1, 0.15) is 0 Å². The Bertz CT molecular complexity index is 750. The number of hydrogen-bond donors (Lipinski definition) is 0. The molecule has 6 nitrogen and oxygen atoms in total. The van der Waals surface area contributed by atoms with Crippen LogP contribution in [0.5, 0.6) is 0 Å². The molecule has 3 rings (SSSR count). The molecule has 0 amide bonds. The molecule has 0 saturated carbocycles. The summed E-state index contributed by atoms with van der Waals surface area (Å²) in [6, 6.07) is 7.08. The second kappa shape index (κ2) is 2.99. The van der Waals surface area contributed by atoms with Gasteiger partial charge in [0.1, 0.15) is 5.52 Å². The van der Waals surface area contributed by atoms with E-state index in [0.717, 1.165) is 12.4 Å². The summed E-state index contributed by atoms with van der Waals surface area (Å²) in [5.74, 6) is 0. The molecule has 6 heteroatoms. The minimum Gasteiger partial charge on any atom is -0.804 e. The summed E-state index contributed by atoms with van der Waals surface area (Å²) in [7, 11) is 0. The summed E-state index contributed by atoms with van der Waals surface area (Å²) >= 11 is 0. The Morgan fingerprint density at radius 3 is 2.62 bits per heavy atom. The second-order valence-corrected chi connectivity index (χ2v) is 3.31. The highest BCUT2D eigenvalue weighted by molar-refractivity contribution is 5.81. The van der Waals surface area contributed by atoms with E-state index in [0.29, 0.717) is 20.2 Å². The fraction of sp³-hybridized carbons (Fsp3) is 0. The molecule has 0 unspecified atom stereocenters. The van der Waals surface area contributed by atoms with Crippen LogP contribution in [0.4, 0.5) is 0 Å². The lowest BCUT2D eigenvalue weighted by Gasteiger charge is -2.08. The fourth-order valence-corrected chi connectivity index (χ4v) is 1.54. The van der Waals surface area contributed by atoms with Crippen LogP contribution in [-0.4, -0.2) is 14.7 Å². The lowest BCUT2D eigenvalue weighted by atomic mass is 10.3. The van der Waals surface area contributed by atoms with Gasteiger partial charge >= 0.3 is 5.65 Å². The molecule has 78 valence electrons. The minimum absolute atomic E-state index is 0.0243. The molecule has 0 saturated heterocycles. The quantitative estimate of drug-likeness (QED) is 0.410. The number of nitrogens with zero attached hydrogens (tertiary/aromatic N) is 4. The largest absolute Gasteiger partial charge is 0.804 e. The van der Waals surface area contributed by atoms with Gasteiger partial charge in [-0.1, -0.05) is 17.0 Å². The number of fused-ring (bicyclic) bond motifs is 2. The van der Waals surface area contributed by atoms with Crippen molar-refractivity contribution in [3.8, 4) is 0 Å². The lowest BCUT2D eigenvalue weighted by Crippen LogP contribution is -2.18. The van der Waals surface area contributed by atoms with E-state index in [1.165, 1.54) is 0 Å². The molecule has 0 aliphatic rings. The average Bonchev–Trinajstić information content (AvgIpc) is 2.32. The molecule has 0 atom stereocenters. The molecule has 0 fully saturated rings. The van der Waals surface area contributed by atoms with E-state index in [4.69, 9.17) is 0 Å². The Morgan fingerprint density at radius 1 is 1.19 bits per heavy atom. The topological polar surface area (TPSA) is 76.7 Å². The smallest absolute Gasteiger partial charge is 0.409 e. The van der Waals surface area contributed by atoms with Crippen LogP contribution in [-0.2, 0) is 0 Å². The van der Waals surface area contributed by atoms with Crippen LogP contribution in [0.3, 0.4) is 0 Å². The monoisotopic (exact) mass is 214 g/mol. The molecule has 0 radical (unpaired) electrons. The van der Waals surface area contributed by atoms with Gasteiger partial charge in [0.25, 0.3) is 0 Å². The summed E-state index contributed by atoms with van der Waals surface area (Å²) in [4.78, 5) is 19.6. The number of benzene rings is 1. The molecule has 0 spiro atoms. The SMILES string of the molecule is O=[n+]1ccn([O-])c2nc3ccccc3nc21. The predicted octanol–water partition coefficient (Wildman–Crippen LogP) is 0.845. The Hall–Kier alpha value is -2.50. The zero-order chi connectivity index (χ0) is 11.1. The first-order valence-corrected chi connectivity index (χ1v) is 4.63. The van der Waals surface area contributed by atoms with E-state index in [1.54, 1.807) is 24.3 Å². The van der Waals surface area contributed by atoms with Gasteiger partial charge in [0.15, 0.2) is 6.20 Å². The van der Waals surface area contributed by atoms with Crippen molar-refractivity contribution in [2.45, 2.75) is 0 Å². The van der Waals surface area contributed by atoms with Crippen molar-refractivity contribution in [1.29, 1.82) is 0 Å². The van der Waals surface area contributed by atoms with Crippen molar-refractivity contribution in [1.82, 2.24) is 14.7 Å². The molecular formula is C10H6N4O2. The van der Waals surface area contributed by atoms with Crippen LogP contribution in [0.25, 0.3) is 22.3 Å². The predicted molar refractivity (Wildman–Crippen MR) is 57.2 cm³/mol. The van der Waals surface area contributed by atoms with E-state index in [9.17, 15) is 10.1 Å². The van der Waals surface area contributed by atoms with Gasteiger partial charge in [0.2, 0.25) is 11.2 Å². The molecule has 2 heterocycles. The van der Waals surface area contributed by atoms with E-state index >= 15 is 0 Å². The van der Waals surface area contributed by atoms with Crippen molar-refractivity contribution in [2.75, 3.05) is 0 Å². The number of hydrogen-bond acceptors (Lipinski definition) is 4. The average molecular weight is 214 g/mol. The Balaban J connectivity index is 2.61. The summed E-state index contributed by atoms with van der Waals surface area (Å²) in [6.07, 6.45) is 2.22. The van der Waals surface area contributed by atoms with Gasteiger partial charge in [-0.15, -0.1) is 0 Å². The molecule has 0 bridgehead atoms. The molecular weight excluding hydrogens is 208 g/mol. The van der Waals surface area contributed by atoms with Gasteiger partial charge in [-0.05, 0) is 17.1 Å². The first-order chi connectivity index (χ1) is 7.75. The van der Waals surface area contributed by atoms with Gasteiger partial charge in [-0.25, -0.2) is 4.98 Å². The standard InChI is InChI=1S/C10H6N4O2/c15-13-5-6-14(16)10-9(13)11-7-3-1-2-4-8(7)12-10/h1-6H. The molecule has 0 N–H and O–H groups in total. The normalized spacial score (nSPS) is 11.0. The second-order valence-electron chi connectivity index (χ2n) is 3.31.